The van der Waals surface area contributed by atoms with Crippen molar-refractivity contribution in [3.63, 3.8) is 0 Å². The van der Waals surface area contributed by atoms with Crippen LogP contribution in [0.25, 0.3) is 10.9 Å². The molecule has 0 bridgehead atoms. The quantitative estimate of drug-likeness (QED) is 0.519. The van der Waals surface area contributed by atoms with Crippen LogP contribution in [0.15, 0.2) is 10.5 Å². The van der Waals surface area contributed by atoms with E-state index in [1.807, 2.05) is 0 Å². The summed E-state index contributed by atoms with van der Waals surface area (Å²) in [6, 6.07) is 0.726. The highest BCUT2D eigenvalue weighted by molar-refractivity contribution is 9.10. The molecular formula is C10H4BrClF4N2. The predicted molar refractivity (Wildman–Crippen MR) is 61.9 cm³/mol. The van der Waals surface area contributed by atoms with Gasteiger partial charge in [-0.15, -0.1) is 0 Å². The summed E-state index contributed by atoms with van der Waals surface area (Å²) < 4.78 is 51.2. The Kier molecular flexibility index (Phi) is 3.23. The Morgan fingerprint density at radius 3 is 2.44 bits per heavy atom. The number of benzene rings is 1. The number of rotatable bonds is 0. The SMILES string of the molecule is Cc1nc(Cl)c2cc(C(F)(F)F)c(Br)c(F)c2n1. The number of hydrogen-bond donors (Lipinski definition) is 0. The highest BCUT2D eigenvalue weighted by atomic mass is 79.9. The molecular weight excluding hydrogens is 339 g/mol. The van der Waals surface area contributed by atoms with E-state index in [4.69, 9.17) is 11.6 Å². The van der Waals surface area contributed by atoms with Crippen LogP contribution in [0.2, 0.25) is 5.15 Å². The van der Waals surface area contributed by atoms with E-state index in [2.05, 4.69) is 25.9 Å². The zero-order valence-corrected chi connectivity index (χ0v) is 11.1. The van der Waals surface area contributed by atoms with Gasteiger partial charge in [-0.2, -0.15) is 13.2 Å². The largest absolute Gasteiger partial charge is 0.417 e. The second-order valence-corrected chi connectivity index (χ2v) is 4.66. The van der Waals surface area contributed by atoms with Crippen LogP contribution in [0, 0.1) is 12.7 Å². The van der Waals surface area contributed by atoms with Gasteiger partial charge in [-0.1, -0.05) is 11.6 Å². The van der Waals surface area contributed by atoms with Crippen molar-refractivity contribution in [2.24, 2.45) is 0 Å². The third-order valence-electron chi connectivity index (χ3n) is 2.24. The maximum absolute atomic E-state index is 13.9. The fourth-order valence-corrected chi connectivity index (χ4v) is 2.27. The van der Waals surface area contributed by atoms with Crippen molar-refractivity contribution in [1.29, 1.82) is 0 Å². The van der Waals surface area contributed by atoms with Crippen LogP contribution >= 0.6 is 27.5 Å². The number of fused-ring (bicyclic) bond motifs is 1. The van der Waals surface area contributed by atoms with E-state index in [9.17, 15) is 17.6 Å². The molecule has 0 atom stereocenters. The average Bonchev–Trinajstić information content (AvgIpc) is 2.22. The smallest absolute Gasteiger partial charge is 0.230 e. The van der Waals surface area contributed by atoms with Crippen LogP contribution in [-0.4, -0.2) is 9.97 Å². The lowest BCUT2D eigenvalue weighted by Gasteiger charge is -2.12. The van der Waals surface area contributed by atoms with E-state index >= 15 is 0 Å². The maximum atomic E-state index is 13.9. The van der Waals surface area contributed by atoms with Gasteiger partial charge in [0.2, 0.25) is 0 Å². The molecule has 0 aliphatic heterocycles. The molecule has 2 rings (SSSR count). The topological polar surface area (TPSA) is 25.8 Å². The first-order valence-corrected chi connectivity index (χ1v) is 5.78. The van der Waals surface area contributed by atoms with Crippen LogP contribution < -0.4 is 0 Å². The molecule has 96 valence electrons. The van der Waals surface area contributed by atoms with Gasteiger partial charge < -0.3 is 0 Å². The second kappa shape index (κ2) is 4.31. The lowest BCUT2D eigenvalue weighted by atomic mass is 10.1. The average molecular weight is 344 g/mol. The van der Waals surface area contributed by atoms with Crippen LogP contribution in [0.1, 0.15) is 11.4 Å². The molecule has 0 aliphatic rings. The highest BCUT2D eigenvalue weighted by Crippen LogP contribution is 2.39. The van der Waals surface area contributed by atoms with Gasteiger partial charge in [0.15, 0.2) is 5.82 Å². The molecule has 0 radical (unpaired) electrons. The van der Waals surface area contributed by atoms with Gasteiger partial charge in [0.05, 0.1) is 10.0 Å². The van der Waals surface area contributed by atoms with E-state index in [-0.39, 0.29) is 21.9 Å². The molecule has 8 heteroatoms. The molecule has 0 spiro atoms. The van der Waals surface area contributed by atoms with Gasteiger partial charge in [-0.3, -0.25) is 0 Å². The number of alkyl halides is 3. The van der Waals surface area contributed by atoms with Crippen molar-refractivity contribution >= 4 is 38.4 Å². The van der Waals surface area contributed by atoms with Crippen molar-refractivity contribution in [2.75, 3.05) is 0 Å². The Morgan fingerprint density at radius 1 is 1.28 bits per heavy atom. The Hall–Kier alpha value is -0.950. The predicted octanol–water partition coefficient (Wildman–Crippen LogP) is 4.51. The minimum Gasteiger partial charge on any atom is -0.230 e. The van der Waals surface area contributed by atoms with E-state index < -0.39 is 22.0 Å². The molecule has 0 amide bonds. The molecule has 0 N–H and O–H groups in total. The summed E-state index contributed by atoms with van der Waals surface area (Å²) in [5.74, 6) is -0.926. The van der Waals surface area contributed by atoms with Gasteiger partial charge in [0.25, 0.3) is 0 Å². The van der Waals surface area contributed by atoms with E-state index in [1.54, 1.807) is 0 Å². The fourth-order valence-electron chi connectivity index (χ4n) is 1.48. The zero-order chi connectivity index (χ0) is 13.7. The summed E-state index contributed by atoms with van der Waals surface area (Å²) in [6.07, 6.45) is -4.69. The number of aromatic nitrogens is 2. The number of hydrogen-bond acceptors (Lipinski definition) is 2. The Bertz CT molecular complexity index is 642. The van der Waals surface area contributed by atoms with E-state index in [1.165, 1.54) is 6.92 Å². The fraction of sp³-hybridized carbons (Fsp3) is 0.200. The number of aryl methyl sites for hydroxylation is 1. The molecule has 0 aliphatic carbocycles. The van der Waals surface area contributed by atoms with Gasteiger partial charge in [-0.05, 0) is 28.9 Å². The summed E-state index contributed by atoms with van der Waals surface area (Å²) in [5.41, 5.74) is -1.39. The molecule has 18 heavy (non-hydrogen) atoms. The molecule has 0 saturated carbocycles. The summed E-state index contributed by atoms with van der Waals surface area (Å²) in [4.78, 5) is 7.45. The van der Waals surface area contributed by atoms with Crippen molar-refractivity contribution in [2.45, 2.75) is 13.1 Å². The molecule has 0 saturated heterocycles. The second-order valence-electron chi connectivity index (χ2n) is 3.51. The minimum atomic E-state index is -4.69. The summed E-state index contributed by atoms with van der Waals surface area (Å²) in [7, 11) is 0. The maximum Gasteiger partial charge on any atom is 0.417 e. The molecule has 1 aromatic heterocycles. The standard InChI is InChI=1S/C10H4BrClF4N2/c1-3-17-8-4(9(12)18-3)2-5(10(14,15)16)6(11)7(8)13/h2H,1H3. The minimum absolute atomic E-state index is 0.171. The van der Waals surface area contributed by atoms with Gasteiger partial charge >= 0.3 is 6.18 Å². The van der Waals surface area contributed by atoms with Crippen LogP contribution in [0.3, 0.4) is 0 Å². The Balaban J connectivity index is 2.93. The van der Waals surface area contributed by atoms with Crippen molar-refractivity contribution in [1.82, 2.24) is 9.97 Å². The molecule has 1 aromatic carbocycles. The molecule has 0 fully saturated rings. The van der Waals surface area contributed by atoms with Gasteiger partial charge in [0.1, 0.15) is 16.5 Å². The number of nitrogens with zero attached hydrogens (tertiary/aromatic N) is 2. The first-order chi connectivity index (χ1) is 8.21. The van der Waals surface area contributed by atoms with Crippen LogP contribution in [0.4, 0.5) is 17.6 Å². The number of halogens is 6. The third-order valence-corrected chi connectivity index (χ3v) is 3.31. The molecule has 2 aromatic rings. The van der Waals surface area contributed by atoms with Crippen molar-refractivity contribution < 1.29 is 17.6 Å². The summed E-state index contributed by atoms with van der Waals surface area (Å²) >= 11 is 8.30. The highest BCUT2D eigenvalue weighted by Gasteiger charge is 2.35. The first-order valence-electron chi connectivity index (χ1n) is 4.61. The van der Waals surface area contributed by atoms with Crippen LogP contribution in [-0.2, 0) is 6.18 Å². The Labute approximate surface area is 112 Å². The molecule has 2 nitrogen and oxygen atoms in total. The zero-order valence-electron chi connectivity index (χ0n) is 8.74. The third kappa shape index (κ3) is 2.16. The van der Waals surface area contributed by atoms with E-state index in [0.717, 1.165) is 6.07 Å². The van der Waals surface area contributed by atoms with E-state index in [0.29, 0.717) is 0 Å². The lowest BCUT2D eigenvalue weighted by Crippen LogP contribution is -2.08. The van der Waals surface area contributed by atoms with Gasteiger partial charge in [-0.25, -0.2) is 14.4 Å². The van der Waals surface area contributed by atoms with Crippen LogP contribution in [0.5, 0.6) is 0 Å². The first kappa shape index (κ1) is 13.5. The monoisotopic (exact) mass is 342 g/mol. The van der Waals surface area contributed by atoms with Crippen molar-refractivity contribution in [3.05, 3.63) is 32.9 Å². The summed E-state index contributed by atoms with van der Waals surface area (Å²) in [5, 5.41) is -0.385. The van der Waals surface area contributed by atoms with Crippen molar-refractivity contribution in [3.8, 4) is 0 Å². The summed E-state index contributed by atoms with van der Waals surface area (Å²) in [6.45, 7) is 1.47. The molecule has 1 heterocycles. The Morgan fingerprint density at radius 2 is 1.89 bits per heavy atom. The molecule has 0 unspecified atom stereocenters. The lowest BCUT2D eigenvalue weighted by molar-refractivity contribution is -0.138. The van der Waals surface area contributed by atoms with Gasteiger partial charge in [0, 0.05) is 5.39 Å². The normalized spacial score (nSPS) is 12.2.